The van der Waals surface area contributed by atoms with Crippen molar-refractivity contribution in [2.24, 2.45) is 5.92 Å². The molecule has 4 rings (SSSR count). The zero-order valence-corrected chi connectivity index (χ0v) is 14.3. The van der Waals surface area contributed by atoms with Gasteiger partial charge in [0.05, 0.1) is 11.4 Å². The fraction of sp³-hybridized carbons (Fsp3) is 0.368. The minimum absolute atomic E-state index is 0.0206. The molecule has 1 aliphatic carbocycles. The third kappa shape index (κ3) is 2.91. The highest BCUT2D eigenvalue weighted by Gasteiger charge is 2.34. The third-order valence-corrected chi connectivity index (χ3v) is 5.19. The van der Waals surface area contributed by atoms with E-state index in [0.29, 0.717) is 17.1 Å². The molecule has 4 nitrogen and oxygen atoms in total. The molecule has 3 aromatic rings. The number of H-pyrrole nitrogens is 1. The molecule has 1 aliphatic rings. The summed E-state index contributed by atoms with van der Waals surface area (Å²) in [5.41, 5.74) is 1.85. The van der Waals surface area contributed by atoms with Crippen molar-refractivity contribution in [3.63, 3.8) is 0 Å². The molecule has 0 spiro atoms. The number of halogens is 3. The van der Waals surface area contributed by atoms with Crippen molar-refractivity contribution in [3.8, 4) is 0 Å². The quantitative estimate of drug-likeness (QED) is 0.683. The number of hydrogen-bond acceptors (Lipinski definition) is 3. The van der Waals surface area contributed by atoms with Gasteiger partial charge in [0.1, 0.15) is 23.5 Å². The normalized spacial score (nSPS) is 20.2. The molecule has 0 saturated heterocycles. The lowest BCUT2D eigenvalue weighted by Gasteiger charge is -2.34. The molecule has 0 aliphatic heterocycles. The molecule has 136 valence electrons. The van der Waals surface area contributed by atoms with Crippen molar-refractivity contribution >= 4 is 16.9 Å². The van der Waals surface area contributed by atoms with Gasteiger partial charge in [-0.15, -0.1) is 0 Å². The highest BCUT2D eigenvalue weighted by Crippen LogP contribution is 2.39. The van der Waals surface area contributed by atoms with E-state index in [-0.39, 0.29) is 11.7 Å². The number of fused-ring (bicyclic) bond motifs is 2. The predicted octanol–water partition coefficient (Wildman–Crippen LogP) is 5.10. The molecule has 1 aromatic carbocycles. The van der Waals surface area contributed by atoms with Crippen LogP contribution in [0.5, 0.6) is 0 Å². The molecular formula is C19H19F3N4. The Labute approximate surface area is 148 Å². The molecule has 26 heavy (non-hydrogen) atoms. The molecule has 7 heteroatoms. The summed E-state index contributed by atoms with van der Waals surface area (Å²) in [6.45, 7) is 2.14. The second-order valence-electron chi connectivity index (χ2n) is 6.69. The van der Waals surface area contributed by atoms with Crippen LogP contribution in [-0.4, -0.2) is 15.0 Å². The number of aromatic nitrogens is 3. The second-order valence-corrected chi connectivity index (χ2v) is 6.69. The van der Waals surface area contributed by atoms with Crippen molar-refractivity contribution in [3.05, 3.63) is 53.5 Å². The monoisotopic (exact) mass is 360 g/mol. The third-order valence-electron chi connectivity index (χ3n) is 5.19. The average molecular weight is 360 g/mol. The molecule has 0 radical (unpaired) electrons. The fourth-order valence-electron chi connectivity index (χ4n) is 3.82. The van der Waals surface area contributed by atoms with Crippen molar-refractivity contribution in [1.29, 1.82) is 0 Å². The minimum atomic E-state index is -4.44. The number of nitrogens with one attached hydrogen (secondary N) is 2. The molecule has 0 bridgehead atoms. The lowest BCUT2D eigenvalue weighted by molar-refractivity contribution is -0.140. The Kier molecular flexibility index (Phi) is 4.09. The molecular weight excluding hydrogens is 341 g/mol. The maximum absolute atomic E-state index is 13.0. The van der Waals surface area contributed by atoms with Gasteiger partial charge in [-0.2, -0.15) is 13.2 Å². The summed E-state index contributed by atoms with van der Waals surface area (Å²) in [5, 5.41) is 3.77. The number of alkyl halides is 3. The molecule has 2 heterocycles. The number of aryl methyl sites for hydroxylation is 1. The van der Waals surface area contributed by atoms with Crippen LogP contribution >= 0.6 is 0 Å². The molecule has 2 N–H and O–H groups in total. The standard InChI is InChI=1S/C19H19F3N4/c1-2-11-7-8-12-5-3-4-6-13(12)16(11)26-18-14-9-15(19(20,21)22)25-17(14)23-10-24-18/h3-6,9-11,16H,2,7-8H2,1H3,(H2,23,24,25,26)/t11-,16+/m1/s1. The summed E-state index contributed by atoms with van der Waals surface area (Å²) in [7, 11) is 0. The summed E-state index contributed by atoms with van der Waals surface area (Å²) in [6, 6.07) is 9.32. The molecule has 0 fully saturated rings. The van der Waals surface area contributed by atoms with Crippen LogP contribution in [-0.2, 0) is 12.6 Å². The number of anilines is 1. The van der Waals surface area contributed by atoms with E-state index >= 15 is 0 Å². The van der Waals surface area contributed by atoms with E-state index in [1.165, 1.54) is 17.5 Å². The Bertz CT molecular complexity index is 932. The number of nitrogens with zero attached hydrogens (tertiary/aromatic N) is 2. The zero-order chi connectivity index (χ0) is 18.3. The zero-order valence-electron chi connectivity index (χ0n) is 14.3. The second kappa shape index (κ2) is 6.30. The predicted molar refractivity (Wildman–Crippen MR) is 93.8 cm³/mol. The van der Waals surface area contributed by atoms with E-state index in [9.17, 15) is 13.2 Å². The van der Waals surface area contributed by atoms with Gasteiger partial charge in [-0.1, -0.05) is 37.6 Å². The van der Waals surface area contributed by atoms with Crippen LogP contribution in [0, 0.1) is 5.92 Å². The summed E-state index contributed by atoms with van der Waals surface area (Å²) in [4.78, 5) is 10.5. The van der Waals surface area contributed by atoms with E-state index in [1.807, 2.05) is 12.1 Å². The first-order valence-electron chi connectivity index (χ1n) is 8.72. The van der Waals surface area contributed by atoms with E-state index in [1.54, 1.807) is 0 Å². The van der Waals surface area contributed by atoms with Crippen molar-refractivity contribution in [2.45, 2.75) is 38.4 Å². The lowest BCUT2D eigenvalue weighted by atomic mass is 9.78. The minimum Gasteiger partial charge on any atom is -0.362 e. The van der Waals surface area contributed by atoms with Crippen molar-refractivity contribution in [1.82, 2.24) is 15.0 Å². The van der Waals surface area contributed by atoms with Crippen LogP contribution in [0.3, 0.4) is 0 Å². The molecule has 2 aromatic heterocycles. The van der Waals surface area contributed by atoms with Gasteiger partial charge in [0, 0.05) is 0 Å². The van der Waals surface area contributed by atoms with Crippen LogP contribution in [0.4, 0.5) is 19.0 Å². The first-order chi connectivity index (χ1) is 12.5. The Balaban J connectivity index is 1.76. The smallest absolute Gasteiger partial charge is 0.362 e. The highest BCUT2D eigenvalue weighted by molar-refractivity contribution is 5.88. The van der Waals surface area contributed by atoms with Gasteiger partial charge in [0.15, 0.2) is 0 Å². The first-order valence-corrected chi connectivity index (χ1v) is 8.72. The Morgan fingerprint density at radius 1 is 1.23 bits per heavy atom. The topological polar surface area (TPSA) is 53.6 Å². The Morgan fingerprint density at radius 3 is 2.81 bits per heavy atom. The van der Waals surface area contributed by atoms with Gasteiger partial charge in [0.25, 0.3) is 0 Å². The largest absolute Gasteiger partial charge is 0.431 e. The summed E-state index contributed by atoms with van der Waals surface area (Å²) >= 11 is 0. The van der Waals surface area contributed by atoms with Gasteiger partial charge in [0.2, 0.25) is 0 Å². The lowest BCUT2D eigenvalue weighted by Crippen LogP contribution is -2.26. The van der Waals surface area contributed by atoms with Crippen LogP contribution in [0.15, 0.2) is 36.7 Å². The maximum Gasteiger partial charge on any atom is 0.431 e. The first kappa shape index (κ1) is 16.9. The Hall–Kier alpha value is -2.57. The van der Waals surface area contributed by atoms with Crippen LogP contribution in [0.1, 0.15) is 42.6 Å². The summed E-state index contributed by atoms with van der Waals surface area (Å²) in [6.07, 6.45) is -0.103. The molecule has 0 unspecified atom stereocenters. The maximum atomic E-state index is 13.0. The van der Waals surface area contributed by atoms with E-state index in [4.69, 9.17) is 0 Å². The average Bonchev–Trinajstić information content (AvgIpc) is 3.08. The van der Waals surface area contributed by atoms with E-state index in [0.717, 1.165) is 25.3 Å². The summed E-state index contributed by atoms with van der Waals surface area (Å²) < 4.78 is 39.1. The van der Waals surface area contributed by atoms with Crippen molar-refractivity contribution < 1.29 is 13.2 Å². The fourth-order valence-corrected chi connectivity index (χ4v) is 3.82. The molecule has 0 saturated carbocycles. The number of aromatic amines is 1. The number of benzene rings is 1. The van der Waals surface area contributed by atoms with Gasteiger partial charge in [-0.05, 0) is 36.0 Å². The van der Waals surface area contributed by atoms with Gasteiger partial charge in [-0.3, -0.25) is 0 Å². The SMILES string of the molecule is CC[C@@H]1CCc2ccccc2[C@H]1Nc1ncnc2[nH]c(C(F)(F)F)cc12. The number of rotatable bonds is 3. The van der Waals surface area contributed by atoms with Gasteiger partial charge < -0.3 is 10.3 Å². The van der Waals surface area contributed by atoms with Crippen molar-refractivity contribution in [2.75, 3.05) is 5.32 Å². The summed E-state index contributed by atoms with van der Waals surface area (Å²) in [5.74, 6) is 0.831. The van der Waals surface area contributed by atoms with Crippen LogP contribution in [0.2, 0.25) is 0 Å². The van der Waals surface area contributed by atoms with E-state index < -0.39 is 11.9 Å². The van der Waals surface area contributed by atoms with Gasteiger partial charge >= 0.3 is 6.18 Å². The Morgan fingerprint density at radius 2 is 2.04 bits per heavy atom. The van der Waals surface area contributed by atoms with E-state index in [2.05, 4.69) is 39.3 Å². The molecule has 0 amide bonds. The van der Waals surface area contributed by atoms with Crippen LogP contribution < -0.4 is 5.32 Å². The number of hydrogen-bond donors (Lipinski definition) is 2. The highest BCUT2D eigenvalue weighted by atomic mass is 19.4. The van der Waals surface area contributed by atoms with Crippen LogP contribution in [0.25, 0.3) is 11.0 Å². The van der Waals surface area contributed by atoms with Gasteiger partial charge in [-0.25, -0.2) is 9.97 Å². The molecule has 2 atom stereocenters.